The number of anilines is 1. The van der Waals surface area contributed by atoms with Gasteiger partial charge >= 0.3 is 5.69 Å². The Bertz CT molecular complexity index is 1170. The van der Waals surface area contributed by atoms with Crippen LogP contribution in [-0.2, 0) is 20.6 Å². The summed E-state index contributed by atoms with van der Waals surface area (Å²) >= 11 is 5.96. The maximum Gasteiger partial charge on any atom is 0.332 e. The second-order valence-corrected chi connectivity index (χ2v) is 6.13. The number of fused-ring (bicyclic) bond motifs is 1. The molecule has 0 aliphatic rings. The van der Waals surface area contributed by atoms with Crippen LogP contribution < -0.4 is 16.7 Å². The average Bonchev–Trinajstić information content (AvgIpc) is 2.99. The molecule has 0 saturated carbocycles. The van der Waals surface area contributed by atoms with Gasteiger partial charge in [0.2, 0.25) is 5.95 Å². The third-order valence-corrected chi connectivity index (χ3v) is 4.35. The number of nitrogens with zero attached hydrogens (tertiary/aromatic N) is 5. The number of aryl methyl sites for hydroxylation is 1. The number of rotatable bonds is 5. The van der Waals surface area contributed by atoms with Crippen LogP contribution in [0.15, 0.2) is 45.5 Å². The zero-order valence-corrected chi connectivity index (χ0v) is 15.4. The molecule has 2 heterocycles. The van der Waals surface area contributed by atoms with Crippen LogP contribution in [0.1, 0.15) is 5.56 Å². The minimum absolute atomic E-state index is 0.112. The highest BCUT2D eigenvalue weighted by molar-refractivity contribution is 6.33. The molecule has 0 aliphatic carbocycles. The van der Waals surface area contributed by atoms with Gasteiger partial charge in [0.25, 0.3) is 5.56 Å². The molecule has 1 N–H and O–H groups in total. The predicted octanol–water partition coefficient (Wildman–Crippen LogP) is 1.86. The van der Waals surface area contributed by atoms with Gasteiger partial charge in [0.15, 0.2) is 11.2 Å². The number of hydrogen-bond acceptors (Lipinski definition) is 5. The lowest BCUT2D eigenvalue weighted by molar-refractivity contribution is 0.626. The minimum Gasteiger partial charge on any atom is -0.299 e. The quantitative estimate of drug-likeness (QED) is 0.409. The molecular weight excluding hydrogens is 375 g/mol. The van der Waals surface area contributed by atoms with Crippen molar-refractivity contribution in [2.75, 3.05) is 5.43 Å². The Morgan fingerprint density at radius 2 is 2.07 bits per heavy atom. The molecule has 0 radical (unpaired) electrons. The zero-order valence-electron chi connectivity index (χ0n) is 14.6. The highest BCUT2D eigenvalue weighted by Crippen LogP contribution is 2.18. The molecule has 0 fully saturated rings. The van der Waals surface area contributed by atoms with Gasteiger partial charge in [-0.2, -0.15) is 10.1 Å². The SMILES string of the molecule is C=CCn1c(N/N=C/c2c(F)cccc2Cl)nc2c1c(=O)n(C)c(=O)n2C. The van der Waals surface area contributed by atoms with Crippen molar-refractivity contribution in [1.29, 1.82) is 0 Å². The third-order valence-electron chi connectivity index (χ3n) is 4.02. The first-order valence-electron chi connectivity index (χ1n) is 7.87. The summed E-state index contributed by atoms with van der Waals surface area (Å²) in [5.41, 5.74) is 2.22. The first-order valence-corrected chi connectivity index (χ1v) is 8.24. The van der Waals surface area contributed by atoms with E-state index in [0.717, 1.165) is 4.57 Å². The number of allylic oxidation sites excluding steroid dienone is 1. The van der Waals surface area contributed by atoms with Gasteiger partial charge < -0.3 is 0 Å². The number of hydrazone groups is 1. The molecule has 8 nitrogen and oxygen atoms in total. The molecule has 2 aromatic heterocycles. The summed E-state index contributed by atoms with van der Waals surface area (Å²) in [6, 6.07) is 4.29. The van der Waals surface area contributed by atoms with Crippen LogP contribution in [0.4, 0.5) is 10.3 Å². The fourth-order valence-corrected chi connectivity index (χ4v) is 2.84. The van der Waals surface area contributed by atoms with Gasteiger partial charge in [0.1, 0.15) is 5.82 Å². The second-order valence-electron chi connectivity index (χ2n) is 5.72. The summed E-state index contributed by atoms with van der Waals surface area (Å²) in [5, 5.41) is 4.17. The number of hydrogen-bond donors (Lipinski definition) is 1. The van der Waals surface area contributed by atoms with E-state index >= 15 is 0 Å². The molecule has 27 heavy (non-hydrogen) atoms. The van der Waals surface area contributed by atoms with Crippen molar-refractivity contribution in [2.24, 2.45) is 19.2 Å². The zero-order chi connectivity index (χ0) is 19.7. The van der Waals surface area contributed by atoms with Crippen LogP contribution in [0.3, 0.4) is 0 Å². The lowest BCUT2D eigenvalue weighted by Crippen LogP contribution is -2.37. The Morgan fingerprint density at radius 1 is 1.33 bits per heavy atom. The summed E-state index contributed by atoms with van der Waals surface area (Å²) in [4.78, 5) is 28.9. The number of halogens is 2. The predicted molar refractivity (Wildman–Crippen MR) is 103 cm³/mol. The van der Waals surface area contributed by atoms with E-state index in [9.17, 15) is 14.0 Å². The Labute approximate surface area is 157 Å². The van der Waals surface area contributed by atoms with Gasteiger partial charge in [-0.05, 0) is 12.1 Å². The maximum atomic E-state index is 13.8. The molecule has 0 bridgehead atoms. The Morgan fingerprint density at radius 3 is 2.74 bits per heavy atom. The van der Waals surface area contributed by atoms with Crippen molar-refractivity contribution in [1.82, 2.24) is 18.7 Å². The van der Waals surface area contributed by atoms with Gasteiger partial charge in [0, 0.05) is 26.2 Å². The van der Waals surface area contributed by atoms with E-state index in [1.54, 1.807) is 12.1 Å². The standard InChI is InChI=1S/C17H16ClFN6O2/c1-4-8-25-13-14(23(2)17(27)24(3)15(13)26)21-16(25)22-20-9-10-11(18)6-5-7-12(10)19/h4-7,9H,1,8H2,2-3H3,(H,21,22)/b20-9+. The Balaban J connectivity index is 2.11. The molecule has 0 spiro atoms. The molecule has 3 rings (SSSR count). The van der Waals surface area contributed by atoms with Gasteiger partial charge in [-0.1, -0.05) is 23.7 Å². The van der Waals surface area contributed by atoms with Crippen molar-refractivity contribution < 1.29 is 4.39 Å². The highest BCUT2D eigenvalue weighted by atomic mass is 35.5. The van der Waals surface area contributed by atoms with Crippen LogP contribution in [0.25, 0.3) is 11.2 Å². The Hall–Kier alpha value is -3.20. The van der Waals surface area contributed by atoms with Crippen LogP contribution in [0, 0.1) is 5.82 Å². The van der Waals surface area contributed by atoms with Crippen molar-refractivity contribution >= 4 is 34.9 Å². The van der Waals surface area contributed by atoms with E-state index in [4.69, 9.17) is 11.6 Å². The molecule has 0 aliphatic heterocycles. The lowest BCUT2D eigenvalue weighted by Gasteiger charge is -2.06. The summed E-state index contributed by atoms with van der Waals surface area (Å²) in [7, 11) is 2.91. The van der Waals surface area contributed by atoms with Crippen molar-refractivity contribution in [3.8, 4) is 0 Å². The van der Waals surface area contributed by atoms with E-state index in [1.165, 1.54) is 41.6 Å². The molecule has 0 saturated heterocycles. The first kappa shape index (κ1) is 18.6. The minimum atomic E-state index is -0.524. The number of benzene rings is 1. The monoisotopic (exact) mass is 390 g/mol. The third kappa shape index (κ3) is 3.17. The fourth-order valence-electron chi connectivity index (χ4n) is 2.63. The number of aromatic nitrogens is 4. The van der Waals surface area contributed by atoms with Crippen molar-refractivity contribution in [3.63, 3.8) is 0 Å². The summed E-state index contributed by atoms with van der Waals surface area (Å²) in [5.74, 6) is -0.323. The van der Waals surface area contributed by atoms with E-state index in [2.05, 4.69) is 22.1 Å². The van der Waals surface area contributed by atoms with Crippen LogP contribution in [0.5, 0.6) is 0 Å². The second kappa shape index (κ2) is 7.20. The fraction of sp³-hybridized carbons (Fsp3) is 0.176. The van der Waals surface area contributed by atoms with Gasteiger partial charge in [0.05, 0.1) is 11.2 Å². The van der Waals surface area contributed by atoms with Gasteiger partial charge in [-0.15, -0.1) is 6.58 Å². The molecule has 10 heteroatoms. The van der Waals surface area contributed by atoms with Gasteiger partial charge in [-0.25, -0.2) is 14.6 Å². The lowest BCUT2D eigenvalue weighted by atomic mass is 10.2. The first-order chi connectivity index (χ1) is 12.9. The van der Waals surface area contributed by atoms with Gasteiger partial charge in [-0.3, -0.25) is 18.5 Å². The molecule has 0 atom stereocenters. The molecule has 1 aromatic carbocycles. The topological polar surface area (TPSA) is 86.2 Å². The highest BCUT2D eigenvalue weighted by Gasteiger charge is 2.18. The van der Waals surface area contributed by atoms with E-state index in [0.29, 0.717) is 0 Å². The maximum absolute atomic E-state index is 13.8. The molecular formula is C17H16ClFN6O2. The molecule has 0 unspecified atom stereocenters. The van der Waals surface area contributed by atoms with Crippen LogP contribution in [0.2, 0.25) is 5.02 Å². The smallest absolute Gasteiger partial charge is 0.299 e. The summed E-state index contributed by atoms with van der Waals surface area (Å²) < 4.78 is 17.6. The summed E-state index contributed by atoms with van der Waals surface area (Å²) in [6.07, 6.45) is 2.79. The van der Waals surface area contributed by atoms with E-state index in [1.807, 2.05) is 0 Å². The number of nitrogens with one attached hydrogen (secondary N) is 1. The van der Waals surface area contributed by atoms with Crippen LogP contribution in [-0.4, -0.2) is 24.9 Å². The molecule has 3 aromatic rings. The van der Waals surface area contributed by atoms with Crippen LogP contribution >= 0.6 is 11.6 Å². The van der Waals surface area contributed by atoms with E-state index < -0.39 is 17.1 Å². The van der Waals surface area contributed by atoms with Crippen molar-refractivity contribution in [2.45, 2.75) is 6.54 Å². The summed E-state index contributed by atoms with van der Waals surface area (Å²) in [6.45, 7) is 3.92. The molecule has 0 amide bonds. The van der Waals surface area contributed by atoms with E-state index in [-0.39, 0.29) is 34.2 Å². The largest absolute Gasteiger partial charge is 0.332 e. The Kier molecular flexibility index (Phi) is 4.95. The number of imidazole rings is 1. The molecule has 140 valence electrons. The normalized spacial score (nSPS) is 11.4. The average molecular weight is 391 g/mol. The van der Waals surface area contributed by atoms with Crippen molar-refractivity contribution in [3.05, 3.63) is 68.1 Å².